The molecular formula is C31H37N7O3. The number of likely N-dealkylation sites (tertiary alicyclic amines) is 1. The van der Waals surface area contributed by atoms with Crippen molar-refractivity contribution in [2.75, 3.05) is 31.1 Å². The van der Waals surface area contributed by atoms with Gasteiger partial charge in [0.2, 0.25) is 0 Å². The van der Waals surface area contributed by atoms with Gasteiger partial charge in [-0.15, -0.1) is 0 Å². The number of aryl methyl sites for hydroxylation is 2. The fraction of sp³-hybridized carbons (Fsp3) is 0.452. The molecule has 214 valence electrons. The highest BCUT2D eigenvalue weighted by molar-refractivity contribution is 5.93. The van der Waals surface area contributed by atoms with E-state index in [-0.39, 0.29) is 23.7 Å². The van der Waals surface area contributed by atoms with Gasteiger partial charge in [-0.1, -0.05) is 0 Å². The van der Waals surface area contributed by atoms with E-state index in [1.54, 1.807) is 6.20 Å². The Balaban J connectivity index is 1.14. The Labute approximate surface area is 240 Å². The number of nitrogens with zero attached hydrogens (tertiary/aromatic N) is 6. The number of anilines is 1. The molecule has 1 aromatic carbocycles. The third-order valence-corrected chi connectivity index (χ3v) is 8.18. The number of hydrogen-bond acceptors (Lipinski definition) is 8. The second-order valence-electron chi connectivity index (χ2n) is 11.8. The topological polar surface area (TPSA) is 109 Å². The van der Waals surface area contributed by atoms with Crippen molar-refractivity contribution in [3.8, 4) is 17.0 Å². The van der Waals surface area contributed by atoms with Crippen LogP contribution in [0.4, 0.5) is 10.6 Å². The maximum atomic E-state index is 12.5. The van der Waals surface area contributed by atoms with Crippen molar-refractivity contribution in [3.05, 3.63) is 59.5 Å². The van der Waals surface area contributed by atoms with Gasteiger partial charge in [0, 0.05) is 54.3 Å². The molecule has 5 heterocycles. The predicted molar refractivity (Wildman–Crippen MR) is 157 cm³/mol. The van der Waals surface area contributed by atoms with Gasteiger partial charge in [0.15, 0.2) is 0 Å². The van der Waals surface area contributed by atoms with E-state index in [9.17, 15) is 4.79 Å². The summed E-state index contributed by atoms with van der Waals surface area (Å²) in [4.78, 5) is 21.4. The van der Waals surface area contributed by atoms with Crippen LogP contribution in [0.25, 0.3) is 22.2 Å². The maximum absolute atomic E-state index is 12.5. The number of aromatic amines is 1. The highest BCUT2D eigenvalue weighted by Crippen LogP contribution is 2.41. The van der Waals surface area contributed by atoms with Crippen LogP contribution in [-0.4, -0.2) is 68.7 Å². The van der Waals surface area contributed by atoms with Crippen molar-refractivity contribution in [3.63, 3.8) is 0 Å². The van der Waals surface area contributed by atoms with E-state index in [1.807, 2.05) is 63.9 Å². The van der Waals surface area contributed by atoms with Crippen LogP contribution in [0.2, 0.25) is 0 Å². The number of ether oxygens (including phenoxy) is 2. The van der Waals surface area contributed by atoms with Crippen LogP contribution >= 0.6 is 0 Å². The first-order chi connectivity index (χ1) is 19.7. The number of nitrogens with one attached hydrogen (secondary N) is 1. The molecule has 2 aliphatic heterocycles. The summed E-state index contributed by atoms with van der Waals surface area (Å²) < 4.78 is 11.8. The van der Waals surface area contributed by atoms with Crippen LogP contribution in [0, 0.1) is 19.3 Å². The van der Waals surface area contributed by atoms with Crippen molar-refractivity contribution in [1.82, 2.24) is 30.3 Å². The molecule has 3 aromatic heterocycles. The van der Waals surface area contributed by atoms with E-state index < -0.39 is 0 Å². The Morgan fingerprint density at radius 3 is 2.63 bits per heavy atom. The molecule has 10 heteroatoms. The monoisotopic (exact) mass is 555 g/mol. The molecule has 1 atom stereocenters. The molecule has 4 aromatic rings. The summed E-state index contributed by atoms with van der Waals surface area (Å²) in [5, 5.41) is 16.9. The first-order valence-corrected chi connectivity index (χ1v) is 14.3. The van der Waals surface area contributed by atoms with Gasteiger partial charge in [-0.05, 0) is 83.4 Å². The summed E-state index contributed by atoms with van der Waals surface area (Å²) in [6.45, 7) is 13.1. The predicted octanol–water partition coefficient (Wildman–Crippen LogP) is 5.62. The Kier molecular flexibility index (Phi) is 7.01. The van der Waals surface area contributed by atoms with Crippen molar-refractivity contribution in [2.24, 2.45) is 5.41 Å². The standard InChI is InChI=1S/C31H37N7O3/c1-19(2)40-30(39)37-12-6-11-31(16-37)17-38(18-31)27-10-7-23(15-32-27)29-25-13-24(8-9-26(25)35-36-29)41-22(5)28-20(3)14-33-34-21(28)4/h7-10,13-15,19,22H,6,11-12,16-18H2,1-5H3,(H,35,36)/t22-/m1/s1. The molecule has 0 saturated carbocycles. The summed E-state index contributed by atoms with van der Waals surface area (Å²) in [5.74, 6) is 1.70. The lowest BCUT2D eigenvalue weighted by molar-refractivity contribution is 0.0292. The SMILES string of the molecule is Cc1cnnc(C)c1[C@@H](C)Oc1ccc2[nH]nc(-c3ccc(N4CC5(CCCN(C(=O)OC(C)C)C5)C4)nc3)c2c1. The van der Waals surface area contributed by atoms with Crippen LogP contribution in [0.5, 0.6) is 5.75 Å². The zero-order valence-electron chi connectivity index (χ0n) is 24.3. The van der Waals surface area contributed by atoms with Crippen LogP contribution < -0.4 is 9.64 Å². The molecule has 0 aliphatic carbocycles. The number of aromatic nitrogens is 5. The number of fused-ring (bicyclic) bond motifs is 1. The summed E-state index contributed by atoms with van der Waals surface area (Å²) in [7, 11) is 0. The lowest BCUT2D eigenvalue weighted by Crippen LogP contribution is -2.64. The highest BCUT2D eigenvalue weighted by Gasteiger charge is 2.47. The number of carbonyl (C=O) groups excluding carboxylic acids is 1. The zero-order valence-corrected chi connectivity index (χ0v) is 24.3. The summed E-state index contributed by atoms with van der Waals surface area (Å²) >= 11 is 0. The van der Waals surface area contributed by atoms with E-state index in [0.717, 1.165) is 89.6 Å². The van der Waals surface area contributed by atoms with Gasteiger partial charge in [-0.25, -0.2) is 9.78 Å². The molecule has 0 radical (unpaired) electrons. The van der Waals surface area contributed by atoms with Crippen molar-refractivity contribution in [1.29, 1.82) is 0 Å². The quantitative estimate of drug-likeness (QED) is 0.327. The Morgan fingerprint density at radius 2 is 1.90 bits per heavy atom. The highest BCUT2D eigenvalue weighted by atomic mass is 16.6. The molecule has 6 rings (SSSR count). The minimum absolute atomic E-state index is 0.103. The van der Waals surface area contributed by atoms with Gasteiger partial charge in [-0.3, -0.25) is 5.10 Å². The zero-order chi connectivity index (χ0) is 28.7. The first-order valence-electron chi connectivity index (χ1n) is 14.3. The molecule has 41 heavy (non-hydrogen) atoms. The van der Waals surface area contributed by atoms with Gasteiger partial charge < -0.3 is 19.3 Å². The van der Waals surface area contributed by atoms with E-state index in [4.69, 9.17) is 14.5 Å². The molecule has 2 saturated heterocycles. The van der Waals surface area contributed by atoms with Crippen LogP contribution in [-0.2, 0) is 4.74 Å². The second-order valence-corrected chi connectivity index (χ2v) is 11.8. The number of amides is 1. The largest absolute Gasteiger partial charge is 0.486 e. The van der Waals surface area contributed by atoms with Gasteiger partial charge in [-0.2, -0.15) is 15.3 Å². The smallest absolute Gasteiger partial charge is 0.410 e. The second kappa shape index (κ2) is 10.6. The fourth-order valence-corrected chi connectivity index (χ4v) is 6.31. The molecule has 0 bridgehead atoms. The third-order valence-electron chi connectivity index (χ3n) is 8.18. The molecule has 0 unspecified atom stereocenters. The summed E-state index contributed by atoms with van der Waals surface area (Å²) in [6, 6.07) is 10.1. The average Bonchev–Trinajstić information content (AvgIpc) is 3.35. The van der Waals surface area contributed by atoms with Crippen LogP contribution in [0.15, 0.2) is 42.7 Å². The van der Waals surface area contributed by atoms with Gasteiger partial charge >= 0.3 is 6.09 Å². The van der Waals surface area contributed by atoms with Gasteiger partial charge in [0.1, 0.15) is 23.4 Å². The van der Waals surface area contributed by atoms with Gasteiger partial charge in [0.25, 0.3) is 0 Å². The third kappa shape index (κ3) is 5.30. The number of H-pyrrole nitrogens is 1. The lowest BCUT2D eigenvalue weighted by atomic mass is 9.73. The van der Waals surface area contributed by atoms with Crippen molar-refractivity contribution >= 4 is 22.8 Å². The Morgan fingerprint density at radius 1 is 1.07 bits per heavy atom. The lowest BCUT2D eigenvalue weighted by Gasteiger charge is -2.54. The summed E-state index contributed by atoms with van der Waals surface area (Å²) in [5.41, 5.74) is 5.80. The first kappa shape index (κ1) is 27.0. The summed E-state index contributed by atoms with van der Waals surface area (Å²) in [6.07, 6.45) is 5.30. The number of benzene rings is 1. The molecular weight excluding hydrogens is 518 g/mol. The number of hydrogen-bond donors (Lipinski definition) is 1. The van der Waals surface area contributed by atoms with E-state index in [1.165, 1.54) is 0 Å². The molecule has 1 N–H and O–H groups in total. The minimum Gasteiger partial charge on any atom is -0.486 e. The number of piperidine rings is 1. The number of pyridine rings is 1. The molecule has 1 spiro atoms. The fourth-order valence-electron chi connectivity index (χ4n) is 6.31. The van der Waals surface area contributed by atoms with Crippen molar-refractivity contribution < 1.29 is 14.3 Å². The van der Waals surface area contributed by atoms with Crippen LogP contribution in [0.1, 0.15) is 56.5 Å². The van der Waals surface area contributed by atoms with E-state index in [0.29, 0.717) is 0 Å². The maximum Gasteiger partial charge on any atom is 0.410 e. The molecule has 10 nitrogen and oxygen atoms in total. The van der Waals surface area contributed by atoms with Crippen LogP contribution in [0.3, 0.4) is 0 Å². The van der Waals surface area contributed by atoms with Crippen molar-refractivity contribution in [2.45, 2.75) is 59.7 Å². The average molecular weight is 556 g/mol. The van der Waals surface area contributed by atoms with E-state index >= 15 is 0 Å². The Bertz CT molecular complexity index is 1540. The Hall–Kier alpha value is -4.21. The molecule has 2 aliphatic rings. The number of rotatable bonds is 6. The molecule has 2 fully saturated rings. The normalized spacial score (nSPS) is 17.1. The molecule has 1 amide bonds. The minimum atomic E-state index is -0.200. The van der Waals surface area contributed by atoms with Gasteiger partial charge in [0.05, 0.1) is 23.5 Å². The number of carbonyl (C=O) groups is 1. The van der Waals surface area contributed by atoms with E-state index in [2.05, 4.69) is 37.4 Å².